The van der Waals surface area contributed by atoms with E-state index in [4.69, 9.17) is 0 Å². The van der Waals surface area contributed by atoms with Crippen molar-refractivity contribution < 1.29 is 19.1 Å². The van der Waals surface area contributed by atoms with Crippen molar-refractivity contribution in [3.63, 3.8) is 0 Å². The van der Waals surface area contributed by atoms with Crippen LogP contribution in [-0.2, 0) is 9.59 Å². The van der Waals surface area contributed by atoms with Crippen LogP contribution < -0.4 is 4.90 Å². The zero-order valence-corrected chi connectivity index (χ0v) is 13.4. The van der Waals surface area contributed by atoms with Crippen molar-refractivity contribution in [1.29, 1.82) is 0 Å². The standard InChI is InChI=1S/C18H21FN2O3/c19-13-5-7-14(8-6-13)20-9-11-21(12-10-20)17(22)15-3-1-2-4-16(15)18(23)24/h1-2,5-8,15-16H,3-4,9-12H2,(H,23,24)/t15-,16-/m1/s1. The number of anilines is 1. The Morgan fingerprint density at radius 2 is 1.54 bits per heavy atom. The van der Waals surface area contributed by atoms with Crippen LogP contribution in [0, 0.1) is 17.7 Å². The highest BCUT2D eigenvalue weighted by Crippen LogP contribution is 2.28. The average molecular weight is 332 g/mol. The number of amides is 1. The van der Waals surface area contributed by atoms with Gasteiger partial charge in [-0.05, 0) is 37.1 Å². The minimum absolute atomic E-state index is 0.0643. The summed E-state index contributed by atoms with van der Waals surface area (Å²) in [5.41, 5.74) is 0.938. The van der Waals surface area contributed by atoms with Crippen LogP contribution in [0.2, 0.25) is 0 Å². The molecule has 3 rings (SSSR count). The smallest absolute Gasteiger partial charge is 0.307 e. The topological polar surface area (TPSA) is 60.9 Å². The molecule has 1 amide bonds. The van der Waals surface area contributed by atoms with E-state index in [0.29, 0.717) is 39.0 Å². The molecule has 128 valence electrons. The lowest BCUT2D eigenvalue weighted by molar-refractivity contribution is -0.150. The quantitative estimate of drug-likeness (QED) is 0.862. The van der Waals surface area contributed by atoms with Gasteiger partial charge in [0.25, 0.3) is 0 Å². The van der Waals surface area contributed by atoms with E-state index in [1.165, 1.54) is 12.1 Å². The fraction of sp³-hybridized carbons (Fsp3) is 0.444. The van der Waals surface area contributed by atoms with E-state index in [1.807, 2.05) is 12.2 Å². The lowest BCUT2D eigenvalue weighted by Crippen LogP contribution is -2.52. The maximum Gasteiger partial charge on any atom is 0.307 e. The van der Waals surface area contributed by atoms with Crippen LogP contribution in [0.15, 0.2) is 36.4 Å². The summed E-state index contributed by atoms with van der Waals surface area (Å²) in [6, 6.07) is 6.33. The van der Waals surface area contributed by atoms with Gasteiger partial charge in [0, 0.05) is 31.9 Å². The van der Waals surface area contributed by atoms with Gasteiger partial charge in [0.1, 0.15) is 5.82 Å². The maximum atomic E-state index is 13.0. The third kappa shape index (κ3) is 3.42. The van der Waals surface area contributed by atoms with Crippen LogP contribution in [0.5, 0.6) is 0 Å². The van der Waals surface area contributed by atoms with E-state index >= 15 is 0 Å². The molecular weight excluding hydrogens is 311 g/mol. The second-order valence-electron chi connectivity index (χ2n) is 6.28. The molecule has 1 aromatic carbocycles. The first-order chi connectivity index (χ1) is 11.6. The Labute approximate surface area is 140 Å². The van der Waals surface area contributed by atoms with Crippen molar-refractivity contribution in [2.45, 2.75) is 12.8 Å². The van der Waals surface area contributed by atoms with Gasteiger partial charge >= 0.3 is 5.97 Å². The van der Waals surface area contributed by atoms with Gasteiger partial charge in [-0.25, -0.2) is 4.39 Å². The van der Waals surface area contributed by atoms with Crippen molar-refractivity contribution in [1.82, 2.24) is 4.90 Å². The summed E-state index contributed by atoms with van der Waals surface area (Å²) >= 11 is 0. The third-order valence-electron chi connectivity index (χ3n) is 4.85. The highest BCUT2D eigenvalue weighted by Gasteiger charge is 2.37. The normalized spacial score (nSPS) is 24.0. The summed E-state index contributed by atoms with van der Waals surface area (Å²) in [5.74, 6) is -2.33. The predicted molar refractivity (Wildman–Crippen MR) is 88.2 cm³/mol. The van der Waals surface area contributed by atoms with Crippen LogP contribution in [0.4, 0.5) is 10.1 Å². The number of hydrogen-bond acceptors (Lipinski definition) is 3. The van der Waals surface area contributed by atoms with Crippen molar-refractivity contribution >= 4 is 17.6 Å². The van der Waals surface area contributed by atoms with Gasteiger partial charge in [0.05, 0.1) is 11.8 Å². The fourth-order valence-corrected chi connectivity index (χ4v) is 3.43. The summed E-state index contributed by atoms with van der Waals surface area (Å²) in [4.78, 5) is 28.0. The molecule has 1 N–H and O–H groups in total. The molecule has 0 radical (unpaired) electrons. The van der Waals surface area contributed by atoms with Crippen LogP contribution in [-0.4, -0.2) is 48.1 Å². The van der Waals surface area contributed by atoms with E-state index in [-0.39, 0.29) is 11.7 Å². The Kier molecular flexibility index (Phi) is 4.83. The van der Waals surface area contributed by atoms with Gasteiger partial charge in [-0.1, -0.05) is 12.2 Å². The van der Waals surface area contributed by atoms with Crippen LogP contribution in [0.3, 0.4) is 0 Å². The molecule has 1 fully saturated rings. The zero-order valence-electron chi connectivity index (χ0n) is 13.4. The van der Waals surface area contributed by atoms with Gasteiger partial charge in [-0.3, -0.25) is 9.59 Å². The lowest BCUT2D eigenvalue weighted by atomic mass is 9.82. The summed E-state index contributed by atoms with van der Waals surface area (Å²) in [7, 11) is 0. The number of carbonyl (C=O) groups excluding carboxylic acids is 1. The minimum Gasteiger partial charge on any atom is -0.481 e. The molecular formula is C18H21FN2O3. The molecule has 1 aromatic rings. The van der Waals surface area contributed by atoms with Crippen molar-refractivity contribution in [3.05, 3.63) is 42.2 Å². The van der Waals surface area contributed by atoms with Crippen LogP contribution in [0.25, 0.3) is 0 Å². The molecule has 0 aromatic heterocycles. The number of rotatable bonds is 3. The summed E-state index contributed by atoms with van der Waals surface area (Å²) in [6.07, 6.45) is 4.65. The Hall–Kier alpha value is -2.37. The van der Waals surface area contributed by atoms with Gasteiger partial charge in [-0.2, -0.15) is 0 Å². The average Bonchev–Trinajstić information content (AvgIpc) is 2.62. The molecule has 1 aliphatic heterocycles. The molecule has 5 nitrogen and oxygen atoms in total. The Morgan fingerprint density at radius 1 is 0.958 bits per heavy atom. The highest BCUT2D eigenvalue weighted by molar-refractivity contribution is 5.85. The van der Waals surface area contributed by atoms with Gasteiger partial charge < -0.3 is 14.9 Å². The molecule has 0 saturated carbocycles. The number of carbonyl (C=O) groups is 2. The molecule has 0 unspecified atom stereocenters. The fourth-order valence-electron chi connectivity index (χ4n) is 3.43. The predicted octanol–water partition coefficient (Wildman–Crippen LogP) is 2.14. The Morgan fingerprint density at radius 3 is 2.12 bits per heavy atom. The number of hydrogen-bond donors (Lipinski definition) is 1. The molecule has 2 atom stereocenters. The Bertz CT molecular complexity index is 636. The van der Waals surface area contributed by atoms with E-state index in [1.54, 1.807) is 17.0 Å². The number of carboxylic acid groups (broad SMARTS) is 1. The molecule has 1 saturated heterocycles. The minimum atomic E-state index is -0.900. The van der Waals surface area contributed by atoms with Crippen molar-refractivity contribution in [3.8, 4) is 0 Å². The maximum absolute atomic E-state index is 13.0. The summed E-state index contributed by atoms with van der Waals surface area (Å²) in [5, 5.41) is 9.33. The van der Waals surface area contributed by atoms with E-state index in [9.17, 15) is 19.1 Å². The van der Waals surface area contributed by atoms with Gasteiger partial charge in [0.2, 0.25) is 5.91 Å². The largest absolute Gasteiger partial charge is 0.481 e. The summed E-state index contributed by atoms with van der Waals surface area (Å²) < 4.78 is 13.0. The van der Waals surface area contributed by atoms with Crippen molar-refractivity contribution in [2.24, 2.45) is 11.8 Å². The van der Waals surface area contributed by atoms with Crippen LogP contribution in [0.1, 0.15) is 12.8 Å². The number of halogens is 1. The zero-order chi connectivity index (χ0) is 17.1. The summed E-state index contributed by atoms with van der Waals surface area (Å²) in [6.45, 7) is 2.45. The van der Waals surface area contributed by atoms with Gasteiger partial charge in [-0.15, -0.1) is 0 Å². The molecule has 1 heterocycles. The van der Waals surface area contributed by atoms with Crippen molar-refractivity contribution in [2.75, 3.05) is 31.1 Å². The first kappa shape index (κ1) is 16.5. The molecule has 24 heavy (non-hydrogen) atoms. The molecule has 1 aliphatic carbocycles. The van der Waals surface area contributed by atoms with E-state index in [2.05, 4.69) is 4.90 Å². The number of nitrogens with zero attached hydrogens (tertiary/aromatic N) is 2. The molecule has 0 bridgehead atoms. The van der Waals surface area contributed by atoms with Gasteiger partial charge in [0.15, 0.2) is 0 Å². The number of piperazine rings is 1. The SMILES string of the molecule is O=C(O)[C@@H]1CC=CC[C@H]1C(=O)N1CCN(c2ccc(F)cc2)CC1. The number of benzene rings is 1. The second kappa shape index (κ2) is 7.03. The van der Waals surface area contributed by atoms with E-state index < -0.39 is 17.8 Å². The second-order valence-corrected chi connectivity index (χ2v) is 6.28. The Balaban J connectivity index is 1.61. The third-order valence-corrected chi connectivity index (χ3v) is 4.85. The van der Waals surface area contributed by atoms with Crippen LogP contribution >= 0.6 is 0 Å². The number of aliphatic carboxylic acids is 1. The molecule has 0 spiro atoms. The van der Waals surface area contributed by atoms with E-state index in [0.717, 1.165) is 5.69 Å². The highest BCUT2D eigenvalue weighted by atomic mass is 19.1. The number of allylic oxidation sites excluding steroid dienone is 2. The molecule has 6 heteroatoms. The first-order valence-electron chi connectivity index (χ1n) is 8.23. The number of carboxylic acids is 1. The lowest BCUT2D eigenvalue weighted by Gasteiger charge is -2.38. The first-order valence-corrected chi connectivity index (χ1v) is 8.23. The molecule has 2 aliphatic rings. The monoisotopic (exact) mass is 332 g/mol.